The van der Waals surface area contributed by atoms with Crippen LogP contribution >= 0.6 is 11.6 Å². The van der Waals surface area contributed by atoms with Crippen molar-refractivity contribution in [2.75, 3.05) is 0 Å². The van der Waals surface area contributed by atoms with Crippen LogP contribution in [0.4, 0.5) is 0 Å². The van der Waals surface area contributed by atoms with Crippen LogP contribution < -0.4 is 5.56 Å². The normalized spacial score (nSPS) is 14.8. The molecule has 98 valence electrons. The van der Waals surface area contributed by atoms with E-state index in [1.165, 1.54) is 0 Å². The Morgan fingerprint density at radius 3 is 2.89 bits per heavy atom. The van der Waals surface area contributed by atoms with Crippen molar-refractivity contribution in [2.45, 2.75) is 32.2 Å². The minimum Gasteiger partial charge on any atom is -0.289 e. The van der Waals surface area contributed by atoms with Gasteiger partial charge in [0.15, 0.2) is 0 Å². The number of aromatic nitrogens is 2. The van der Waals surface area contributed by atoms with Gasteiger partial charge in [-0.15, -0.1) is 0 Å². The summed E-state index contributed by atoms with van der Waals surface area (Å²) in [5.41, 5.74) is 1.51. The predicted molar refractivity (Wildman–Crippen MR) is 78.6 cm³/mol. The Labute approximate surface area is 116 Å². The van der Waals surface area contributed by atoms with E-state index < -0.39 is 0 Å². The van der Waals surface area contributed by atoms with E-state index in [2.05, 4.69) is 11.6 Å². The van der Waals surface area contributed by atoms with Crippen LogP contribution in [0.15, 0.2) is 29.6 Å². The molecule has 0 unspecified atom stereocenters. The van der Waals surface area contributed by atoms with Gasteiger partial charge in [-0.2, -0.15) is 0 Å². The van der Waals surface area contributed by atoms with Crippen molar-refractivity contribution >= 4 is 28.1 Å². The number of halogens is 1. The molecule has 0 N–H and O–H groups in total. The van der Waals surface area contributed by atoms with Crippen LogP contribution in [0.2, 0.25) is 5.02 Å². The van der Waals surface area contributed by atoms with Crippen LogP contribution in [0.5, 0.6) is 0 Å². The third kappa shape index (κ3) is 1.98. The molecule has 2 aromatic rings. The van der Waals surface area contributed by atoms with Crippen molar-refractivity contribution in [2.24, 2.45) is 0 Å². The first-order valence-corrected chi connectivity index (χ1v) is 6.90. The van der Waals surface area contributed by atoms with Crippen LogP contribution in [0.3, 0.4) is 0 Å². The van der Waals surface area contributed by atoms with Gasteiger partial charge in [-0.1, -0.05) is 31.2 Å². The molecule has 3 nitrogen and oxygen atoms in total. The highest BCUT2D eigenvalue weighted by atomic mass is 35.5. The number of benzene rings is 1. The summed E-state index contributed by atoms with van der Waals surface area (Å²) in [6, 6.07) is 5.64. The van der Waals surface area contributed by atoms with E-state index in [1.54, 1.807) is 10.6 Å². The van der Waals surface area contributed by atoms with Gasteiger partial charge >= 0.3 is 0 Å². The molecule has 1 saturated carbocycles. The zero-order chi connectivity index (χ0) is 13.6. The topological polar surface area (TPSA) is 34.9 Å². The fourth-order valence-electron chi connectivity index (χ4n) is 2.28. The summed E-state index contributed by atoms with van der Waals surface area (Å²) < 4.78 is 1.78. The molecule has 0 spiro atoms. The molecule has 1 aromatic carbocycles. The van der Waals surface area contributed by atoms with E-state index in [9.17, 15) is 4.79 Å². The molecule has 1 aromatic heterocycles. The molecule has 4 heteroatoms. The molecule has 0 amide bonds. The summed E-state index contributed by atoms with van der Waals surface area (Å²) >= 11 is 6.15. The van der Waals surface area contributed by atoms with Crippen LogP contribution in [0.25, 0.3) is 16.5 Å². The predicted octanol–water partition coefficient (Wildman–Crippen LogP) is 3.81. The van der Waals surface area contributed by atoms with Gasteiger partial charge in [-0.05, 0) is 37.0 Å². The van der Waals surface area contributed by atoms with E-state index >= 15 is 0 Å². The minimum atomic E-state index is -0.0392. The van der Waals surface area contributed by atoms with Gasteiger partial charge in [0.1, 0.15) is 5.82 Å². The molecule has 19 heavy (non-hydrogen) atoms. The average Bonchev–Trinajstić information content (AvgIpc) is 3.21. The zero-order valence-electron chi connectivity index (χ0n) is 10.8. The first kappa shape index (κ1) is 12.4. The molecule has 0 aliphatic heterocycles. The Morgan fingerprint density at radius 1 is 1.53 bits per heavy atom. The summed E-state index contributed by atoms with van der Waals surface area (Å²) in [5, 5.41) is 0.988. The number of fused-ring (bicyclic) bond motifs is 1. The molecule has 3 rings (SSSR count). The number of hydrogen-bond acceptors (Lipinski definition) is 2. The Hall–Kier alpha value is -1.61. The van der Waals surface area contributed by atoms with Crippen molar-refractivity contribution in [3.63, 3.8) is 0 Å². The van der Waals surface area contributed by atoms with Crippen molar-refractivity contribution in [3.8, 4) is 0 Å². The smallest absolute Gasteiger partial charge is 0.263 e. The number of hydrogen-bond donors (Lipinski definition) is 0. The summed E-state index contributed by atoms with van der Waals surface area (Å²) in [7, 11) is 0. The van der Waals surface area contributed by atoms with E-state index in [1.807, 2.05) is 19.1 Å². The van der Waals surface area contributed by atoms with Gasteiger partial charge in [0, 0.05) is 6.04 Å². The Balaban J connectivity index is 2.40. The van der Waals surface area contributed by atoms with Gasteiger partial charge in [-0.25, -0.2) is 4.98 Å². The lowest BCUT2D eigenvalue weighted by Gasteiger charge is -2.14. The maximum absolute atomic E-state index is 12.7. The van der Waals surface area contributed by atoms with Gasteiger partial charge in [0.2, 0.25) is 0 Å². The minimum absolute atomic E-state index is 0.0392. The zero-order valence-corrected chi connectivity index (χ0v) is 11.6. The van der Waals surface area contributed by atoms with E-state index in [0.29, 0.717) is 21.7 Å². The molecule has 0 atom stereocenters. The maximum Gasteiger partial charge on any atom is 0.263 e. The van der Waals surface area contributed by atoms with Crippen LogP contribution in [0, 0.1) is 0 Å². The molecule has 1 fully saturated rings. The second-order valence-electron chi connectivity index (χ2n) is 4.93. The number of allylic oxidation sites excluding steroid dienone is 1. The first-order valence-electron chi connectivity index (χ1n) is 6.52. The quantitative estimate of drug-likeness (QED) is 0.853. The monoisotopic (exact) mass is 274 g/mol. The molecular weight excluding hydrogens is 260 g/mol. The van der Waals surface area contributed by atoms with Crippen molar-refractivity contribution < 1.29 is 0 Å². The Kier molecular flexibility index (Phi) is 2.94. The highest BCUT2D eigenvalue weighted by molar-refractivity contribution is 6.35. The lowest BCUT2D eigenvalue weighted by Crippen LogP contribution is -2.24. The maximum atomic E-state index is 12.7. The van der Waals surface area contributed by atoms with E-state index in [-0.39, 0.29) is 11.6 Å². The third-order valence-electron chi connectivity index (χ3n) is 3.53. The standard InChI is InChI=1S/C15H15ClN2O/c1-3-9(2)14-17-12-6-4-5-11(16)13(12)15(19)18(14)10-7-8-10/h4-6,10H,2-3,7-8H2,1H3. The summed E-state index contributed by atoms with van der Waals surface area (Å²) in [6.07, 6.45) is 2.84. The lowest BCUT2D eigenvalue weighted by molar-refractivity contribution is 0.683. The lowest BCUT2D eigenvalue weighted by atomic mass is 10.2. The van der Waals surface area contributed by atoms with Crippen molar-refractivity contribution in [1.29, 1.82) is 0 Å². The van der Waals surface area contributed by atoms with Crippen molar-refractivity contribution in [3.05, 3.63) is 46.0 Å². The molecule has 1 heterocycles. The third-order valence-corrected chi connectivity index (χ3v) is 3.85. The van der Waals surface area contributed by atoms with Gasteiger partial charge in [-0.3, -0.25) is 9.36 Å². The highest BCUT2D eigenvalue weighted by Crippen LogP contribution is 2.36. The van der Waals surface area contributed by atoms with Crippen LogP contribution in [-0.4, -0.2) is 9.55 Å². The Morgan fingerprint density at radius 2 is 2.26 bits per heavy atom. The molecular formula is C15H15ClN2O. The SMILES string of the molecule is C=C(CC)c1nc2cccc(Cl)c2c(=O)n1C1CC1. The number of nitrogens with zero attached hydrogens (tertiary/aromatic N) is 2. The van der Waals surface area contributed by atoms with E-state index in [4.69, 9.17) is 11.6 Å². The number of rotatable bonds is 3. The second-order valence-corrected chi connectivity index (χ2v) is 5.34. The van der Waals surface area contributed by atoms with Crippen LogP contribution in [0.1, 0.15) is 38.1 Å². The summed E-state index contributed by atoms with van der Waals surface area (Å²) in [6.45, 7) is 6.05. The van der Waals surface area contributed by atoms with Crippen molar-refractivity contribution in [1.82, 2.24) is 9.55 Å². The van der Waals surface area contributed by atoms with Gasteiger partial charge in [0.25, 0.3) is 5.56 Å². The first-order chi connectivity index (χ1) is 9.13. The molecule has 0 saturated heterocycles. The highest BCUT2D eigenvalue weighted by Gasteiger charge is 2.29. The molecule has 1 aliphatic carbocycles. The van der Waals surface area contributed by atoms with Gasteiger partial charge in [0.05, 0.1) is 15.9 Å². The molecule has 1 aliphatic rings. The second kappa shape index (κ2) is 4.49. The molecule has 0 radical (unpaired) electrons. The fourth-order valence-corrected chi connectivity index (χ4v) is 2.53. The van der Waals surface area contributed by atoms with Gasteiger partial charge < -0.3 is 0 Å². The Bertz CT molecular complexity index is 729. The summed E-state index contributed by atoms with van der Waals surface area (Å²) in [5.74, 6) is 0.713. The fraction of sp³-hybridized carbons (Fsp3) is 0.333. The van der Waals surface area contributed by atoms with E-state index in [0.717, 1.165) is 24.8 Å². The molecule has 0 bridgehead atoms. The van der Waals surface area contributed by atoms with Crippen LogP contribution in [-0.2, 0) is 0 Å². The largest absolute Gasteiger partial charge is 0.289 e. The summed E-state index contributed by atoms with van der Waals surface area (Å²) in [4.78, 5) is 17.3. The average molecular weight is 275 g/mol.